The molecule has 2 heterocycles. The van der Waals surface area contributed by atoms with E-state index in [2.05, 4.69) is 0 Å². The normalized spacial score (nSPS) is 18.4. The summed E-state index contributed by atoms with van der Waals surface area (Å²) in [6, 6.07) is 4.46. The SMILES string of the molecule is O=C(O)C1=Cc2cc3ccoc3cc2OC1C(F)(F)F. The van der Waals surface area contributed by atoms with Gasteiger partial charge in [0.1, 0.15) is 11.3 Å². The Morgan fingerprint density at radius 1 is 1.30 bits per heavy atom. The minimum absolute atomic E-state index is 0.0558. The summed E-state index contributed by atoms with van der Waals surface area (Å²) in [5, 5.41) is 9.56. The molecule has 20 heavy (non-hydrogen) atoms. The highest BCUT2D eigenvalue weighted by Gasteiger charge is 2.48. The van der Waals surface area contributed by atoms with Crippen molar-refractivity contribution in [2.24, 2.45) is 0 Å². The minimum Gasteiger partial charge on any atom is -0.478 e. The molecule has 104 valence electrons. The quantitative estimate of drug-likeness (QED) is 0.873. The highest BCUT2D eigenvalue weighted by Crippen LogP contribution is 2.39. The number of alkyl halides is 3. The molecule has 0 radical (unpaired) electrons. The van der Waals surface area contributed by atoms with Gasteiger partial charge in [-0.25, -0.2) is 4.79 Å². The van der Waals surface area contributed by atoms with Gasteiger partial charge in [-0.1, -0.05) is 0 Å². The lowest BCUT2D eigenvalue weighted by molar-refractivity contribution is -0.187. The van der Waals surface area contributed by atoms with Gasteiger partial charge in [-0.2, -0.15) is 13.2 Å². The maximum Gasteiger partial charge on any atom is 0.430 e. The Labute approximate surface area is 110 Å². The maximum atomic E-state index is 12.8. The third-order valence-electron chi connectivity index (χ3n) is 2.97. The molecule has 1 aliphatic rings. The smallest absolute Gasteiger partial charge is 0.430 e. The Balaban J connectivity index is 2.18. The Morgan fingerprint density at radius 2 is 2.05 bits per heavy atom. The number of carbonyl (C=O) groups is 1. The van der Waals surface area contributed by atoms with E-state index in [1.165, 1.54) is 18.4 Å². The monoisotopic (exact) mass is 284 g/mol. The summed E-state index contributed by atoms with van der Waals surface area (Å²) in [4.78, 5) is 11.0. The zero-order valence-corrected chi connectivity index (χ0v) is 9.77. The summed E-state index contributed by atoms with van der Waals surface area (Å²) in [6.07, 6.45) is -4.93. The molecule has 1 N–H and O–H groups in total. The maximum absolute atomic E-state index is 12.8. The molecular weight excluding hydrogens is 277 g/mol. The van der Waals surface area contributed by atoms with Gasteiger partial charge in [0.05, 0.1) is 11.8 Å². The van der Waals surface area contributed by atoms with Crippen LogP contribution in [-0.2, 0) is 4.79 Å². The predicted octanol–water partition coefficient (Wildman–Crippen LogP) is 3.22. The van der Waals surface area contributed by atoms with Crippen molar-refractivity contribution >= 4 is 23.0 Å². The molecule has 0 bridgehead atoms. The third-order valence-corrected chi connectivity index (χ3v) is 2.97. The molecule has 0 fully saturated rings. The van der Waals surface area contributed by atoms with Gasteiger partial charge in [0.2, 0.25) is 6.10 Å². The molecule has 7 heteroatoms. The molecule has 0 saturated carbocycles. The number of fused-ring (bicyclic) bond motifs is 2. The van der Waals surface area contributed by atoms with Crippen LogP contribution in [0.5, 0.6) is 5.75 Å². The van der Waals surface area contributed by atoms with Crippen molar-refractivity contribution in [2.45, 2.75) is 12.3 Å². The van der Waals surface area contributed by atoms with Crippen molar-refractivity contribution in [3.05, 3.63) is 35.6 Å². The van der Waals surface area contributed by atoms with Gasteiger partial charge in [0, 0.05) is 17.0 Å². The zero-order chi connectivity index (χ0) is 14.5. The summed E-state index contributed by atoms with van der Waals surface area (Å²) >= 11 is 0. The second-order valence-corrected chi connectivity index (χ2v) is 4.29. The van der Waals surface area contributed by atoms with E-state index in [-0.39, 0.29) is 11.3 Å². The topological polar surface area (TPSA) is 59.7 Å². The molecule has 3 rings (SSSR count). The van der Waals surface area contributed by atoms with Crippen LogP contribution in [0.25, 0.3) is 17.0 Å². The lowest BCUT2D eigenvalue weighted by Crippen LogP contribution is -2.40. The first-order valence-electron chi connectivity index (χ1n) is 5.56. The van der Waals surface area contributed by atoms with Crippen LogP contribution >= 0.6 is 0 Å². The van der Waals surface area contributed by atoms with Crippen LogP contribution in [0.15, 0.2) is 34.5 Å². The molecule has 1 aromatic heterocycles. The van der Waals surface area contributed by atoms with Gasteiger partial charge >= 0.3 is 12.1 Å². The molecule has 1 aromatic carbocycles. The molecule has 0 amide bonds. The van der Waals surface area contributed by atoms with E-state index in [4.69, 9.17) is 14.3 Å². The lowest BCUT2D eigenvalue weighted by Gasteiger charge is -2.26. The number of carboxylic acids is 1. The van der Waals surface area contributed by atoms with Crippen LogP contribution in [0.2, 0.25) is 0 Å². The summed E-state index contributed by atoms with van der Waals surface area (Å²) in [7, 11) is 0. The highest BCUT2D eigenvalue weighted by atomic mass is 19.4. The number of halogens is 3. The summed E-state index contributed by atoms with van der Waals surface area (Å²) in [5.74, 6) is -1.72. The number of aliphatic carboxylic acids is 1. The van der Waals surface area contributed by atoms with Crippen LogP contribution in [0, 0.1) is 0 Å². The van der Waals surface area contributed by atoms with E-state index in [9.17, 15) is 18.0 Å². The van der Waals surface area contributed by atoms with E-state index in [0.29, 0.717) is 11.0 Å². The van der Waals surface area contributed by atoms with E-state index in [1.807, 2.05) is 0 Å². The van der Waals surface area contributed by atoms with Crippen LogP contribution in [0.1, 0.15) is 5.56 Å². The average Bonchev–Trinajstić information content (AvgIpc) is 2.80. The Kier molecular flexibility index (Phi) is 2.53. The number of hydrogen-bond donors (Lipinski definition) is 1. The fraction of sp³-hybridized carbons (Fsp3) is 0.154. The molecule has 1 aliphatic heterocycles. The molecule has 0 saturated heterocycles. The van der Waals surface area contributed by atoms with Crippen LogP contribution < -0.4 is 4.74 Å². The fourth-order valence-corrected chi connectivity index (χ4v) is 2.07. The van der Waals surface area contributed by atoms with Gasteiger partial charge in [-0.05, 0) is 18.2 Å². The molecule has 1 atom stereocenters. The summed E-state index contributed by atoms with van der Waals surface area (Å²) in [6.45, 7) is 0. The van der Waals surface area contributed by atoms with Crippen molar-refractivity contribution < 1.29 is 32.2 Å². The van der Waals surface area contributed by atoms with Gasteiger partial charge in [-0.3, -0.25) is 0 Å². The summed E-state index contributed by atoms with van der Waals surface area (Å²) < 4.78 is 48.4. The van der Waals surface area contributed by atoms with Gasteiger partial charge < -0.3 is 14.3 Å². The Hall–Kier alpha value is -2.44. The first-order valence-corrected chi connectivity index (χ1v) is 5.56. The molecule has 1 unspecified atom stereocenters. The standard InChI is InChI=1S/C13H7F3O4/c14-13(15,16)11-8(12(17)18)4-7-3-6-1-2-19-9(6)5-10(7)20-11/h1-5,11H,(H,17,18). The Bertz CT molecular complexity index is 727. The van der Waals surface area contributed by atoms with Crippen molar-refractivity contribution in [1.82, 2.24) is 0 Å². The summed E-state index contributed by atoms with van der Waals surface area (Å²) in [5.41, 5.74) is -0.193. The second kappa shape index (κ2) is 4.03. The molecule has 0 aliphatic carbocycles. The second-order valence-electron chi connectivity index (χ2n) is 4.29. The van der Waals surface area contributed by atoms with Gasteiger partial charge in [0.15, 0.2) is 0 Å². The number of ether oxygens (including phenoxy) is 1. The third kappa shape index (κ3) is 1.91. The number of carboxylic acid groups (broad SMARTS) is 1. The number of furan rings is 1. The van der Waals surface area contributed by atoms with E-state index in [1.54, 1.807) is 6.07 Å². The fourth-order valence-electron chi connectivity index (χ4n) is 2.07. The van der Waals surface area contributed by atoms with Gasteiger partial charge in [-0.15, -0.1) is 0 Å². The van der Waals surface area contributed by atoms with Crippen molar-refractivity contribution in [3.8, 4) is 5.75 Å². The van der Waals surface area contributed by atoms with Crippen LogP contribution in [0.3, 0.4) is 0 Å². The van der Waals surface area contributed by atoms with E-state index >= 15 is 0 Å². The highest BCUT2D eigenvalue weighted by molar-refractivity contribution is 5.96. The van der Waals surface area contributed by atoms with Gasteiger partial charge in [0.25, 0.3) is 0 Å². The van der Waals surface area contributed by atoms with E-state index in [0.717, 1.165) is 6.08 Å². The van der Waals surface area contributed by atoms with E-state index < -0.39 is 23.8 Å². The minimum atomic E-state index is -4.81. The molecule has 4 nitrogen and oxygen atoms in total. The molecule has 2 aromatic rings. The zero-order valence-electron chi connectivity index (χ0n) is 9.77. The Morgan fingerprint density at radius 3 is 2.70 bits per heavy atom. The molecular formula is C13H7F3O4. The lowest BCUT2D eigenvalue weighted by atomic mass is 10.0. The number of hydrogen-bond acceptors (Lipinski definition) is 3. The van der Waals surface area contributed by atoms with Crippen molar-refractivity contribution in [2.75, 3.05) is 0 Å². The van der Waals surface area contributed by atoms with Crippen LogP contribution in [0.4, 0.5) is 13.2 Å². The predicted molar refractivity (Wildman–Crippen MR) is 62.3 cm³/mol. The molecule has 0 spiro atoms. The van der Waals surface area contributed by atoms with Crippen LogP contribution in [-0.4, -0.2) is 23.4 Å². The number of benzene rings is 1. The largest absolute Gasteiger partial charge is 0.478 e. The van der Waals surface area contributed by atoms with Crippen molar-refractivity contribution in [3.63, 3.8) is 0 Å². The first kappa shape index (κ1) is 12.6. The average molecular weight is 284 g/mol. The first-order chi connectivity index (χ1) is 9.36. The number of rotatable bonds is 1. The van der Waals surface area contributed by atoms with Crippen molar-refractivity contribution in [1.29, 1.82) is 0 Å².